The summed E-state index contributed by atoms with van der Waals surface area (Å²) < 4.78 is 1.87. The Balaban J connectivity index is 1.74. The molecule has 1 heterocycles. The van der Waals surface area contributed by atoms with Gasteiger partial charge in [0.1, 0.15) is 0 Å². The largest absolute Gasteiger partial charge is 0.316 e. The van der Waals surface area contributed by atoms with Gasteiger partial charge in [0.05, 0.1) is 5.69 Å². The molecule has 1 saturated carbocycles. The van der Waals surface area contributed by atoms with Crippen molar-refractivity contribution in [1.29, 1.82) is 0 Å². The fraction of sp³-hybridized carbons (Fsp3) is 0.562. The van der Waals surface area contributed by atoms with Crippen molar-refractivity contribution in [2.24, 2.45) is 5.41 Å². The van der Waals surface area contributed by atoms with Gasteiger partial charge in [-0.1, -0.05) is 31.5 Å². The van der Waals surface area contributed by atoms with E-state index in [1.165, 1.54) is 25.7 Å². The van der Waals surface area contributed by atoms with Gasteiger partial charge in [-0.15, -0.1) is 5.10 Å². The van der Waals surface area contributed by atoms with E-state index >= 15 is 0 Å². The molecule has 21 heavy (non-hydrogen) atoms. The van der Waals surface area contributed by atoms with Crippen LogP contribution >= 0.6 is 0 Å². The molecule has 1 fully saturated rings. The molecule has 0 bridgehead atoms. The van der Waals surface area contributed by atoms with Crippen LogP contribution in [0.25, 0.3) is 5.69 Å². The monoisotopic (exact) mass is 285 g/mol. The third-order valence-electron chi connectivity index (χ3n) is 4.41. The lowest BCUT2D eigenvalue weighted by molar-refractivity contribution is 0.126. The average molecular weight is 285 g/mol. The van der Waals surface area contributed by atoms with Crippen LogP contribution in [0.4, 0.5) is 0 Å². The van der Waals surface area contributed by atoms with Gasteiger partial charge in [0.15, 0.2) is 5.82 Å². The Kier molecular flexibility index (Phi) is 4.29. The molecule has 0 amide bonds. The number of rotatable bonds is 7. The maximum Gasteiger partial charge on any atom is 0.157 e. The number of nitrogens with one attached hydrogen (secondary N) is 1. The Morgan fingerprint density at radius 1 is 1.24 bits per heavy atom. The van der Waals surface area contributed by atoms with Crippen molar-refractivity contribution in [3.8, 4) is 5.69 Å². The molecule has 3 rings (SSSR count). The maximum atomic E-state index is 4.26. The smallest absolute Gasteiger partial charge is 0.157 e. The highest BCUT2D eigenvalue weighted by Gasteiger charge is 2.38. The van der Waals surface area contributed by atoms with Crippen LogP contribution in [0.3, 0.4) is 0 Å². The van der Waals surface area contributed by atoms with Crippen LogP contribution in [0.15, 0.2) is 30.3 Å². The van der Waals surface area contributed by atoms with Crippen LogP contribution in [0.5, 0.6) is 0 Å². The zero-order valence-electron chi connectivity index (χ0n) is 12.6. The van der Waals surface area contributed by atoms with Gasteiger partial charge in [-0.25, -0.2) is 0 Å². The predicted molar refractivity (Wildman–Crippen MR) is 82.3 cm³/mol. The molecule has 0 spiro atoms. The second-order valence-corrected chi connectivity index (χ2v) is 6.05. The molecule has 0 atom stereocenters. The van der Waals surface area contributed by atoms with Gasteiger partial charge in [0.2, 0.25) is 0 Å². The molecule has 1 N–H and O–H groups in total. The van der Waals surface area contributed by atoms with Crippen molar-refractivity contribution >= 4 is 0 Å². The van der Waals surface area contributed by atoms with E-state index in [1.807, 2.05) is 35.0 Å². The Labute approximate surface area is 125 Å². The Morgan fingerprint density at radius 3 is 2.71 bits per heavy atom. The van der Waals surface area contributed by atoms with Gasteiger partial charge >= 0.3 is 0 Å². The van der Waals surface area contributed by atoms with Gasteiger partial charge in [-0.05, 0) is 53.8 Å². The normalized spacial score (nSPS) is 16.6. The molecule has 1 aliphatic carbocycles. The SMILES string of the molecule is CCCNCC1(Cc2nnnn2-c2ccccc2)CCC1. The number of tetrazole rings is 1. The summed E-state index contributed by atoms with van der Waals surface area (Å²) >= 11 is 0. The number of hydrogen-bond acceptors (Lipinski definition) is 4. The van der Waals surface area contributed by atoms with Crippen LogP contribution in [-0.2, 0) is 6.42 Å². The highest BCUT2D eigenvalue weighted by molar-refractivity contribution is 5.30. The zero-order chi connectivity index (χ0) is 14.5. The van der Waals surface area contributed by atoms with E-state index in [0.717, 1.165) is 31.0 Å². The molecule has 0 unspecified atom stereocenters. The highest BCUT2D eigenvalue weighted by atomic mass is 15.5. The fourth-order valence-electron chi connectivity index (χ4n) is 3.04. The summed E-state index contributed by atoms with van der Waals surface area (Å²) in [5.41, 5.74) is 1.38. The second-order valence-electron chi connectivity index (χ2n) is 6.05. The quantitative estimate of drug-likeness (QED) is 0.794. The Hall–Kier alpha value is -1.75. The zero-order valence-corrected chi connectivity index (χ0v) is 12.6. The molecule has 2 aromatic rings. The summed E-state index contributed by atoms with van der Waals surface area (Å²) in [5, 5.41) is 15.9. The van der Waals surface area contributed by atoms with Crippen molar-refractivity contribution in [3.63, 3.8) is 0 Å². The lowest BCUT2D eigenvalue weighted by Gasteiger charge is -2.41. The topological polar surface area (TPSA) is 55.6 Å². The van der Waals surface area contributed by atoms with Crippen molar-refractivity contribution < 1.29 is 0 Å². The molecule has 0 radical (unpaired) electrons. The van der Waals surface area contributed by atoms with E-state index in [4.69, 9.17) is 0 Å². The van der Waals surface area contributed by atoms with E-state index < -0.39 is 0 Å². The van der Waals surface area contributed by atoms with Crippen molar-refractivity contribution in [1.82, 2.24) is 25.5 Å². The van der Waals surface area contributed by atoms with E-state index in [1.54, 1.807) is 0 Å². The van der Waals surface area contributed by atoms with Gasteiger partial charge in [-0.2, -0.15) is 4.68 Å². The number of aromatic nitrogens is 4. The summed E-state index contributed by atoms with van der Waals surface area (Å²) in [6.07, 6.45) is 5.99. The molecular weight excluding hydrogens is 262 g/mol. The second kappa shape index (κ2) is 6.35. The van der Waals surface area contributed by atoms with Crippen molar-refractivity contribution in [3.05, 3.63) is 36.2 Å². The van der Waals surface area contributed by atoms with Crippen molar-refractivity contribution in [2.45, 2.75) is 39.0 Å². The molecule has 0 aliphatic heterocycles. The van der Waals surface area contributed by atoms with Crippen LogP contribution < -0.4 is 5.32 Å². The Bertz CT molecular complexity index is 559. The molecule has 5 nitrogen and oxygen atoms in total. The summed E-state index contributed by atoms with van der Waals surface area (Å²) in [6.45, 7) is 4.37. The molecule has 1 aromatic carbocycles. The molecule has 112 valence electrons. The van der Waals surface area contributed by atoms with Crippen LogP contribution in [0, 0.1) is 5.41 Å². The minimum atomic E-state index is 0.344. The minimum Gasteiger partial charge on any atom is -0.316 e. The van der Waals surface area contributed by atoms with Crippen LogP contribution in [-0.4, -0.2) is 33.3 Å². The molecule has 5 heteroatoms. The van der Waals surface area contributed by atoms with Crippen LogP contribution in [0.1, 0.15) is 38.4 Å². The first-order chi connectivity index (χ1) is 10.3. The van der Waals surface area contributed by atoms with Crippen LogP contribution in [0.2, 0.25) is 0 Å². The van der Waals surface area contributed by atoms with E-state index in [9.17, 15) is 0 Å². The summed E-state index contributed by atoms with van der Waals surface area (Å²) in [5.74, 6) is 0.971. The van der Waals surface area contributed by atoms with E-state index in [2.05, 4.69) is 27.8 Å². The first-order valence-corrected chi connectivity index (χ1v) is 7.86. The standard InChI is InChI=1S/C16H23N5/c1-2-11-17-13-16(9-6-10-16)12-15-18-19-20-21(15)14-7-4-3-5-8-14/h3-5,7-8,17H,2,6,9-13H2,1H3. The first-order valence-electron chi connectivity index (χ1n) is 7.86. The van der Waals surface area contributed by atoms with Gasteiger partial charge < -0.3 is 5.32 Å². The number of hydrogen-bond donors (Lipinski definition) is 1. The van der Waals surface area contributed by atoms with Gasteiger partial charge in [-0.3, -0.25) is 0 Å². The van der Waals surface area contributed by atoms with Gasteiger partial charge in [0, 0.05) is 13.0 Å². The van der Waals surface area contributed by atoms with E-state index in [0.29, 0.717) is 5.41 Å². The Morgan fingerprint density at radius 2 is 2.05 bits per heavy atom. The number of nitrogens with zero attached hydrogens (tertiary/aromatic N) is 4. The molecule has 0 saturated heterocycles. The maximum absolute atomic E-state index is 4.26. The lowest BCUT2D eigenvalue weighted by Crippen LogP contribution is -2.42. The molecule has 1 aromatic heterocycles. The fourth-order valence-corrected chi connectivity index (χ4v) is 3.04. The summed E-state index contributed by atoms with van der Waals surface area (Å²) in [6, 6.07) is 10.1. The van der Waals surface area contributed by atoms with E-state index in [-0.39, 0.29) is 0 Å². The first kappa shape index (κ1) is 14.2. The van der Waals surface area contributed by atoms with Crippen molar-refractivity contribution in [2.75, 3.05) is 13.1 Å². The average Bonchev–Trinajstić information content (AvgIpc) is 2.93. The predicted octanol–water partition coefficient (Wildman–Crippen LogP) is 2.37. The molecular formula is C16H23N5. The third-order valence-corrected chi connectivity index (χ3v) is 4.41. The minimum absolute atomic E-state index is 0.344. The highest BCUT2D eigenvalue weighted by Crippen LogP contribution is 2.42. The molecule has 1 aliphatic rings. The number of benzene rings is 1. The van der Waals surface area contributed by atoms with Gasteiger partial charge in [0.25, 0.3) is 0 Å². The summed E-state index contributed by atoms with van der Waals surface area (Å²) in [4.78, 5) is 0. The summed E-state index contributed by atoms with van der Waals surface area (Å²) in [7, 11) is 0. The third kappa shape index (κ3) is 3.13. The number of para-hydroxylation sites is 1. The lowest BCUT2D eigenvalue weighted by atomic mass is 9.66.